The number of nitriles is 1. The maximum Gasteiger partial charge on any atom is 0.216 e. The Hall–Kier alpha value is -2.28. The van der Waals surface area contributed by atoms with Gasteiger partial charge in [0, 0.05) is 33.4 Å². The van der Waals surface area contributed by atoms with Gasteiger partial charge in [0.1, 0.15) is 0 Å². The van der Waals surface area contributed by atoms with E-state index in [-0.39, 0.29) is 8.76 Å². The minimum Gasteiger partial charge on any atom is -0.361 e. The van der Waals surface area contributed by atoms with Gasteiger partial charge in [-0.05, 0) is 30.2 Å². The van der Waals surface area contributed by atoms with Crippen molar-refractivity contribution in [3.8, 4) is 6.07 Å². The number of amides is 1. The lowest BCUT2D eigenvalue weighted by atomic mass is 10.1. The predicted molar refractivity (Wildman–Crippen MR) is 69.6 cm³/mol. The van der Waals surface area contributed by atoms with Gasteiger partial charge in [0.15, 0.2) is 0 Å². The van der Waals surface area contributed by atoms with Crippen molar-refractivity contribution in [1.82, 2.24) is 10.3 Å². The first-order chi connectivity index (χ1) is 8.20. The lowest BCUT2D eigenvalue weighted by Gasteiger charge is -2.01. The second-order valence-electron chi connectivity index (χ2n) is 3.92. The molecular weight excluding hydrogens is 214 g/mol. The predicted octanol–water partition coefficient (Wildman–Crippen LogP) is 2.21. The maximum atomic E-state index is 10.8. The Bertz CT molecular complexity index is 601. The Morgan fingerprint density at radius 1 is 1.59 bits per heavy atom. The molecule has 1 amide bonds. The number of carbonyl (C=O) groups excluding carboxylic acids is 1. The number of carbonyl (C=O) groups is 1. The first-order valence-electron chi connectivity index (χ1n) is 5.45. The van der Waals surface area contributed by atoms with Gasteiger partial charge in [-0.1, -0.05) is 0 Å². The number of rotatable bonds is 3. The molecule has 0 unspecified atom stereocenters. The minimum atomic E-state index is -0.0254. The highest BCUT2D eigenvalue weighted by atomic mass is 16.1. The van der Waals surface area contributed by atoms with Gasteiger partial charge in [0.05, 0.1) is 11.6 Å². The van der Waals surface area contributed by atoms with Crippen molar-refractivity contribution < 1.29 is 7.65 Å². The van der Waals surface area contributed by atoms with Crippen LogP contribution in [0.25, 0.3) is 10.9 Å². The van der Waals surface area contributed by atoms with Crippen LogP contribution in [0, 0.1) is 11.3 Å². The normalized spacial score (nSPS) is 10.1. The smallest absolute Gasteiger partial charge is 0.216 e. The zero-order valence-electron chi connectivity index (χ0n) is 9.58. The van der Waals surface area contributed by atoms with Crippen molar-refractivity contribution in [1.29, 1.82) is 5.26 Å². The van der Waals surface area contributed by atoms with Crippen LogP contribution in [-0.2, 0) is 11.2 Å². The molecule has 90 valence electrons. The van der Waals surface area contributed by atoms with Gasteiger partial charge >= 0.3 is 0 Å². The van der Waals surface area contributed by atoms with E-state index in [0.29, 0.717) is 12.1 Å². The van der Waals surface area contributed by atoms with Crippen molar-refractivity contribution in [2.75, 3.05) is 6.54 Å². The van der Waals surface area contributed by atoms with Crippen LogP contribution in [-0.4, -0.2) is 17.4 Å². The van der Waals surface area contributed by atoms with E-state index in [9.17, 15) is 4.79 Å². The third kappa shape index (κ3) is 2.45. The monoisotopic (exact) mass is 231 g/mol. The Balaban J connectivity index is 0.00000162. The second kappa shape index (κ2) is 4.71. The Kier molecular flexibility index (Phi) is 3.10. The summed E-state index contributed by atoms with van der Waals surface area (Å²) in [7, 11) is 0. The molecule has 1 aromatic carbocycles. The molecule has 2 aromatic rings. The van der Waals surface area contributed by atoms with Crippen LogP contribution in [0.1, 0.15) is 20.9 Å². The third-order valence-electron chi connectivity index (χ3n) is 2.66. The van der Waals surface area contributed by atoms with E-state index in [1.54, 1.807) is 6.07 Å². The largest absolute Gasteiger partial charge is 0.361 e. The SMILES string of the molecule is CC(=O)NCCc1c[nH]c2ccc(C#N)cc12.[HH].[HH]. The Morgan fingerprint density at radius 3 is 3.12 bits per heavy atom. The summed E-state index contributed by atoms with van der Waals surface area (Å²) in [5, 5.41) is 12.7. The molecule has 1 aromatic heterocycles. The summed E-state index contributed by atoms with van der Waals surface area (Å²) in [4.78, 5) is 13.9. The van der Waals surface area contributed by atoms with Crippen LogP contribution in [0.3, 0.4) is 0 Å². The molecule has 0 aliphatic heterocycles. The summed E-state index contributed by atoms with van der Waals surface area (Å²) >= 11 is 0. The third-order valence-corrected chi connectivity index (χ3v) is 2.66. The molecule has 17 heavy (non-hydrogen) atoms. The van der Waals surface area contributed by atoms with Gasteiger partial charge in [0.25, 0.3) is 0 Å². The molecule has 2 rings (SSSR count). The topological polar surface area (TPSA) is 68.7 Å². The van der Waals surface area contributed by atoms with Crippen molar-refractivity contribution in [2.45, 2.75) is 13.3 Å². The fourth-order valence-corrected chi connectivity index (χ4v) is 1.83. The lowest BCUT2D eigenvalue weighted by Crippen LogP contribution is -2.22. The summed E-state index contributed by atoms with van der Waals surface area (Å²) in [5.41, 5.74) is 2.78. The van der Waals surface area contributed by atoms with E-state index in [1.165, 1.54) is 6.92 Å². The average Bonchev–Trinajstić information content (AvgIpc) is 2.71. The number of H-pyrrole nitrogens is 1. The van der Waals surface area contributed by atoms with E-state index >= 15 is 0 Å². The molecule has 0 saturated carbocycles. The first-order valence-corrected chi connectivity index (χ1v) is 5.45. The van der Waals surface area contributed by atoms with Gasteiger partial charge in [-0.25, -0.2) is 0 Å². The second-order valence-corrected chi connectivity index (χ2v) is 3.92. The van der Waals surface area contributed by atoms with Gasteiger partial charge in [0.2, 0.25) is 5.91 Å². The number of aromatic amines is 1. The summed E-state index contributed by atoms with van der Waals surface area (Å²) < 4.78 is 0. The van der Waals surface area contributed by atoms with Gasteiger partial charge in [-0.15, -0.1) is 0 Å². The Labute approximate surface area is 102 Å². The molecule has 0 aliphatic carbocycles. The molecule has 4 heteroatoms. The zero-order valence-corrected chi connectivity index (χ0v) is 9.58. The average molecular weight is 231 g/mol. The van der Waals surface area contributed by atoms with Gasteiger partial charge < -0.3 is 10.3 Å². The van der Waals surface area contributed by atoms with Crippen LogP contribution < -0.4 is 5.32 Å². The quantitative estimate of drug-likeness (QED) is 0.850. The fourth-order valence-electron chi connectivity index (χ4n) is 1.83. The zero-order chi connectivity index (χ0) is 12.3. The molecule has 0 bridgehead atoms. The van der Waals surface area contributed by atoms with E-state index in [1.807, 2.05) is 18.3 Å². The molecule has 1 heterocycles. The molecule has 0 atom stereocenters. The molecular formula is C13H17N3O. The number of nitrogens with zero attached hydrogens (tertiary/aromatic N) is 1. The molecule has 0 spiro atoms. The highest BCUT2D eigenvalue weighted by molar-refractivity contribution is 5.84. The number of fused-ring (bicyclic) bond motifs is 1. The van der Waals surface area contributed by atoms with E-state index in [0.717, 1.165) is 22.9 Å². The van der Waals surface area contributed by atoms with E-state index in [2.05, 4.69) is 16.4 Å². The molecule has 0 fully saturated rings. The highest BCUT2D eigenvalue weighted by Gasteiger charge is 2.04. The molecule has 2 N–H and O–H groups in total. The van der Waals surface area contributed by atoms with Crippen molar-refractivity contribution >= 4 is 16.8 Å². The highest BCUT2D eigenvalue weighted by Crippen LogP contribution is 2.19. The first kappa shape index (κ1) is 11.2. The lowest BCUT2D eigenvalue weighted by molar-refractivity contribution is -0.118. The van der Waals surface area contributed by atoms with Crippen molar-refractivity contribution in [3.05, 3.63) is 35.5 Å². The summed E-state index contributed by atoms with van der Waals surface area (Å²) in [5.74, 6) is -0.0254. The number of benzene rings is 1. The number of hydrogen-bond acceptors (Lipinski definition) is 2. The Morgan fingerprint density at radius 2 is 2.41 bits per heavy atom. The van der Waals surface area contributed by atoms with Crippen LogP contribution in [0.5, 0.6) is 0 Å². The van der Waals surface area contributed by atoms with E-state index < -0.39 is 0 Å². The minimum absolute atomic E-state index is 0. The standard InChI is InChI=1S/C13H13N3O.2H2/c1-9(17)15-5-4-11-8-16-13-3-2-10(7-14)6-12(11)13;;/h2-3,6,8,16H,4-5H2,1H3,(H,15,17);2*1H. The fraction of sp³-hybridized carbons (Fsp3) is 0.231. The summed E-state index contributed by atoms with van der Waals surface area (Å²) in [6, 6.07) is 7.68. The maximum absolute atomic E-state index is 10.8. The number of aromatic nitrogens is 1. The van der Waals surface area contributed by atoms with Gasteiger partial charge in [-0.3, -0.25) is 4.79 Å². The molecule has 0 radical (unpaired) electrons. The van der Waals surface area contributed by atoms with Crippen LogP contribution in [0.15, 0.2) is 24.4 Å². The molecule has 0 aliphatic rings. The summed E-state index contributed by atoms with van der Waals surface area (Å²) in [6.45, 7) is 2.11. The summed E-state index contributed by atoms with van der Waals surface area (Å²) in [6.07, 6.45) is 2.68. The van der Waals surface area contributed by atoms with Crippen LogP contribution >= 0.6 is 0 Å². The van der Waals surface area contributed by atoms with Gasteiger partial charge in [-0.2, -0.15) is 5.26 Å². The molecule has 0 saturated heterocycles. The number of hydrogen-bond donors (Lipinski definition) is 2. The molecule has 4 nitrogen and oxygen atoms in total. The van der Waals surface area contributed by atoms with Crippen molar-refractivity contribution in [3.63, 3.8) is 0 Å². The van der Waals surface area contributed by atoms with Crippen LogP contribution in [0.2, 0.25) is 0 Å². The number of nitrogens with one attached hydrogen (secondary N) is 2. The van der Waals surface area contributed by atoms with Crippen LogP contribution in [0.4, 0.5) is 0 Å². The van der Waals surface area contributed by atoms with E-state index in [4.69, 9.17) is 5.26 Å². The van der Waals surface area contributed by atoms with Crippen molar-refractivity contribution in [2.24, 2.45) is 0 Å².